The van der Waals surface area contributed by atoms with Crippen molar-refractivity contribution >= 4 is 23.1 Å². The van der Waals surface area contributed by atoms with E-state index in [2.05, 4.69) is 49.7 Å². The van der Waals surface area contributed by atoms with E-state index in [-0.39, 0.29) is 11.7 Å². The van der Waals surface area contributed by atoms with Gasteiger partial charge in [0.1, 0.15) is 0 Å². The summed E-state index contributed by atoms with van der Waals surface area (Å²) in [7, 11) is 2.17. The van der Waals surface area contributed by atoms with Gasteiger partial charge in [-0.05, 0) is 24.7 Å². The number of nitrogens with two attached hydrogens (primary N) is 2. The molecule has 0 aromatic heterocycles. The molecular weight excluding hydrogens is 292 g/mol. The molecule has 3 rings (SSSR count). The number of nitrogens with zero attached hydrogens (tertiary/aromatic N) is 5. The number of likely N-dealkylation sites (N-methyl/N-ethyl adjacent to an activating group) is 1. The molecule has 0 spiro atoms. The van der Waals surface area contributed by atoms with Crippen molar-refractivity contribution in [3.05, 3.63) is 29.8 Å². The molecule has 8 nitrogen and oxygen atoms in total. The number of hydrogen-bond donors (Lipinski definition) is 3. The van der Waals surface area contributed by atoms with E-state index in [1.54, 1.807) is 0 Å². The third-order valence-electron chi connectivity index (χ3n) is 4.00. The molecule has 0 amide bonds. The Morgan fingerprint density at radius 2 is 1.65 bits per heavy atom. The van der Waals surface area contributed by atoms with Gasteiger partial charge in [0.15, 0.2) is 17.4 Å². The molecule has 2 heterocycles. The highest BCUT2D eigenvalue weighted by atomic mass is 15.4. The van der Waals surface area contributed by atoms with Gasteiger partial charge in [0.05, 0.1) is 5.69 Å². The SMILES string of the molecule is CN1CCN(Cc2ccc(NN=C3C(N)=NN=C3N)cc2)CC1. The van der Waals surface area contributed by atoms with Crippen LogP contribution in [-0.4, -0.2) is 60.4 Å². The normalized spacial score (nSPS) is 19.4. The number of piperazine rings is 1. The lowest BCUT2D eigenvalue weighted by Gasteiger charge is -2.32. The number of hydrazone groups is 1. The Morgan fingerprint density at radius 3 is 2.26 bits per heavy atom. The minimum atomic E-state index is 0.224. The second-order valence-electron chi connectivity index (χ2n) is 5.82. The van der Waals surface area contributed by atoms with Crippen LogP contribution in [0.1, 0.15) is 5.56 Å². The van der Waals surface area contributed by atoms with Crippen molar-refractivity contribution in [3.63, 3.8) is 0 Å². The number of anilines is 1. The van der Waals surface area contributed by atoms with Gasteiger partial charge in [-0.1, -0.05) is 12.1 Å². The van der Waals surface area contributed by atoms with E-state index in [4.69, 9.17) is 11.5 Å². The van der Waals surface area contributed by atoms with Crippen LogP contribution >= 0.6 is 0 Å². The maximum atomic E-state index is 5.65. The molecule has 2 aliphatic rings. The zero-order valence-electron chi connectivity index (χ0n) is 13.2. The van der Waals surface area contributed by atoms with Crippen molar-refractivity contribution in [2.75, 3.05) is 38.7 Å². The zero-order chi connectivity index (χ0) is 16.2. The zero-order valence-corrected chi connectivity index (χ0v) is 13.2. The third-order valence-corrected chi connectivity index (χ3v) is 4.00. The maximum Gasteiger partial charge on any atom is 0.177 e. The molecule has 0 radical (unpaired) electrons. The number of amidine groups is 2. The number of rotatable bonds is 4. The molecule has 0 saturated carbocycles. The van der Waals surface area contributed by atoms with Gasteiger partial charge in [-0.2, -0.15) is 5.10 Å². The van der Waals surface area contributed by atoms with Gasteiger partial charge in [0, 0.05) is 32.7 Å². The second-order valence-corrected chi connectivity index (χ2v) is 5.82. The van der Waals surface area contributed by atoms with Crippen LogP contribution in [0.15, 0.2) is 39.6 Å². The molecule has 1 aromatic rings. The van der Waals surface area contributed by atoms with Crippen LogP contribution in [0, 0.1) is 0 Å². The highest BCUT2D eigenvalue weighted by Gasteiger charge is 2.16. The highest BCUT2D eigenvalue weighted by molar-refractivity contribution is 6.68. The summed E-state index contributed by atoms with van der Waals surface area (Å²) in [6.45, 7) is 5.46. The largest absolute Gasteiger partial charge is 0.380 e. The quantitative estimate of drug-likeness (QED) is 0.670. The van der Waals surface area contributed by atoms with Crippen molar-refractivity contribution in [1.82, 2.24) is 9.80 Å². The molecule has 5 N–H and O–H groups in total. The average molecular weight is 314 g/mol. The Morgan fingerprint density at radius 1 is 1.04 bits per heavy atom. The second kappa shape index (κ2) is 6.76. The number of nitrogens with one attached hydrogen (secondary N) is 1. The highest BCUT2D eigenvalue weighted by Crippen LogP contribution is 2.13. The van der Waals surface area contributed by atoms with Crippen LogP contribution in [0.3, 0.4) is 0 Å². The van der Waals surface area contributed by atoms with E-state index in [0.717, 1.165) is 38.4 Å². The fraction of sp³-hybridized carbons (Fsp3) is 0.400. The predicted molar refractivity (Wildman–Crippen MR) is 93.5 cm³/mol. The first-order valence-electron chi connectivity index (χ1n) is 7.63. The van der Waals surface area contributed by atoms with Crippen LogP contribution in [0.4, 0.5) is 5.69 Å². The molecule has 1 saturated heterocycles. The van der Waals surface area contributed by atoms with Crippen molar-refractivity contribution in [2.45, 2.75) is 6.54 Å². The molecular formula is C15H22N8. The minimum absolute atomic E-state index is 0.224. The molecule has 2 aliphatic heterocycles. The van der Waals surface area contributed by atoms with Crippen LogP contribution in [0.2, 0.25) is 0 Å². The molecule has 122 valence electrons. The maximum absolute atomic E-state index is 5.65. The molecule has 0 aliphatic carbocycles. The summed E-state index contributed by atoms with van der Waals surface area (Å²) in [6.07, 6.45) is 0. The standard InChI is InChI=1S/C15H22N8/c1-22-6-8-23(9-7-22)10-11-2-4-12(5-3-11)18-19-13-14(16)20-21-15(13)17/h2-5,18H,6-10H2,1H3,(H4,16,17,19,20,21). The first kappa shape index (κ1) is 15.4. The van der Waals surface area contributed by atoms with Crippen molar-refractivity contribution in [3.8, 4) is 0 Å². The lowest BCUT2D eigenvalue weighted by atomic mass is 10.2. The molecule has 0 bridgehead atoms. The fourth-order valence-corrected chi connectivity index (χ4v) is 2.52. The molecule has 1 aromatic carbocycles. The summed E-state index contributed by atoms with van der Waals surface area (Å²) in [5.41, 5.74) is 16.8. The van der Waals surface area contributed by atoms with E-state index >= 15 is 0 Å². The summed E-state index contributed by atoms with van der Waals surface area (Å²) in [5.74, 6) is 0.448. The van der Waals surface area contributed by atoms with E-state index in [1.165, 1.54) is 5.56 Å². The topological polar surface area (TPSA) is 108 Å². The Kier molecular flexibility index (Phi) is 4.54. The molecule has 23 heavy (non-hydrogen) atoms. The summed E-state index contributed by atoms with van der Waals surface area (Å²) < 4.78 is 0. The predicted octanol–water partition coefficient (Wildman–Crippen LogP) is -0.155. The number of benzene rings is 1. The lowest BCUT2D eigenvalue weighted by molar-refractivity contribution is 0.148. The van der Waals surface area contributed by atoms with Crippen LogP contribution in [0.5, 0.6) is 0 Å². The third kappa shape index (κ3) is 3.85. The minimum Gasteiger partial charge on any atom is -0.380 e. The summed E-state index contributed by atoms with van der Waals surface area (Å²) in [6, 6.07) is 8.19. The Bertz CT molecular complexity index is 618. The van der Waals surface area contributed by atoms with Gasteiger partial charge in [0.25, 0.3) is 0 Å². The van der Waals surface area contributed by atoms with Crippen LogP contribution in [-0.2, 0) is 6.54 Å². The Balaban J connectivity index is 1.56. The van der Waals surface area contributed by atoms with Crippen molar-refractivity contribution < 1.29 is 0 Å². The number of hydrogen-bond acceptors (Lipinski definition) is 8. The fourth-order valence-electron chi connectivity index (χ4n) is 2.52. The van der Waals surface area contributed by atoms with E-state index in [0.29, 0.717) is 5.71 Å². The lowest BCUT2D eigenvalue weighted by Crippen LogP contribution is -2.43. The van der Waals surface area contributed by atoms with E-state index in [1.807, 2.05) is 12.1 Å². The van der Waals surface area contributed by atoms with Crippen LogP contribution in [0.25, 0.3) is 0 Å². The molecule has 1 fully saturated rings. The first-order chi connectivity index (χ1) is 11.1. The smallest absolute Gasteiger partial charge is 0.177 e. The summed E-state index contributed by atoms with van der Waals surface area (Å²) in [5, 5.41) is 11.5. The van der Waals surface area contributed by atoms with E-state index < -0.39 is 0 Å². The van der Waals surface area contributed by atoms with Gasteiger partial charge in [-0.3, -0.25) is 10.3 Å². The molecule has 0 unspecified atom stereocenters. The molecule has 8 heteroatoms. The van der Waals surface area contributed by atoms with Crippen molar-refractivity contribution in [2.24, 2.45) is 26.8 Å². The van der Waals surface area contributed by atoms with Crippen LogP contribution < -0.4 is 16.9 Å². The van der Waals surface area contributed by atoms with Gasteiger partial charge < -0.3 is 16.4 Å². The monoisotopic (exact) mass is 314 g/mol. The Hall–Kier alpha value is -2.45. The van der Waals surface area contributed by atoms with Crippen molar-refractivity contribution in [1.29, 1.82) is 0 Å². The Labute approximate surface area is 135 Å². The molecule has 0 atom stereocenters. The van der Waals surface area contributed by atoms with Gasteiger partial charge in [-0.15, -0.1) is 10.2 Å². The van der Waals surface area contributed by atoms with Gasteiger partial charge >= 0.3 is 0 Å². The van der Waals surface area contributed by atoms with E-state index in [9.17, 15) is 0 Å². The van der Waals surface area contributed by atoms with Gasteiger partial charge in [0.2, 0.25) is 0 Å². The van der Waals surface area contributed by atoms with Gasteiger partial charge in [-0.25, -0.2) is 0 Å². The summed E-state index contributed by atoms with van der Waals surface area (Å²) in [4.78, 5) is 4.82. The first-order valence-corrected chi connectivity index (χ1v) is 7.63. The average Bonchev–Trinajstić information content (AvgIpc) is 2.88. The summed E-state index contributed by atoms with van der Waals surface area (Å²) >= 11 is 0.